The third-order valence-corrected chi connectivity index (χ3v) is 3.04. The molecule has 0 aliphatic carbocycles. The third-order valence-electron chi connectivity index (χ3n) is 3.04. The minimum Gasteiger partial charge on any atom is -0.497 e. The third kappa shape index (κ3) is 2.85. The van der Waals surface area contributed by atoms with Gasteiger partial charge in [0.2, 0.25) is 0 Å². The van der Waals surface area contributed by atoms with Gasteiger partial charge < -0.3 is 14.7 Å². The molecule has 19 heavy (non-hydrogen) atoms. The van der Waals surface area contributed by atoms with Crippen molar-refractivity contribution in [2.24, 2.45) is 0 Å². The van der Waals surface area contributed by atoms with Gasteiger partial charge in [0.15, 0.2) is 0 Å². The second-order valence-electron chi connectivity index (χ2n) is 4.35. The number of anilines is 2. The number of aliphatic hydroxyl groups is 1. The summed E-state index contributed by atoms with van der Waals surface area (Å²) in [6.45, 7) is 1.74. The van der Waals surface area contributed by atoms with Gasteiger partial charge in [-0.05, 0) is 37.3 Å². The van der Waals surface area contributed by atoms with E-state index in [0.717, 1.165) is 22.8 Å². The Morgan fingerprint density at radius 1 is 1.21 bits per heavy atom. The van der Waals surface area contributed by atoms with E-state index in [9.17, 15) is 5.11 Å². The summed E-state index contributed by atoms with van der Waals surface area (Å²) in [6, 6.07) is 11.4. The molecule has 1 atom stereocenters. The topological polar surface area (TPSA) is 45.6 Å². The molecule has 0 unspecified atom stereocenters. The predicted octanol–water partition coefficient (Wildman–Crippen LogP) is 2.91. The molecule has 1 aromatic carbocycles. The first-order valence-corrected chi connectivity index (χ1v) is 6.14. The Labute approximate surface area is 113 Å². The summed E-state index contributed by atoms with van der Waals surface area (Å²) < 4.78 is 5.14. The average molecular weight is 258 g/mol. The molecule has 0 saturated carbocycles. The first-order valence-electron chi connectivity index (χ1n) is 6.14. The number of aromatic nitrogens is 1. The monoisotopic (exact) mass is 258 g/mol. The van der Waals surface area contributed by atoms with Crippen LogP contribution in [0.15, 0.2) is 42.6 Å². The fraction of sp³-hybridized carbons (Fsp3) is 0.267. The lowest BCUT2D eigenvalue weighted by Gasteiger charge is -2.22. The van der Waals surface area contributed by atoms with Crippen molar-refractivity contribution in [1.29, 1.82) is 0 Å². The average Bonchev–Trinajstić information content (AvgIpc) is 2.46. The van der Waals surface area contributed by atoms with Gasteiger partial charge in [0, 0.05) is 24.5 Å². The summed E-state index contributed by atoms with van der Waals surface area (Å²) in [5, 5.41) is 9.80. The number of aliphatic hydroxyl groups excluding tert-OH is 1. The van der Waals surface area contributed by atoms with E-state index in [1.54, 1.807) is 20.2 Å². The molecule has 1 aromatic heterocycles. The van der Waals surface area contributed by atoms with E-state index in [0.29, 0.717) is 0 Å². The van der Waals surface area contributed by atoms with Crippen molar-refractivity contribution in [3.05, 3.63) is 48.2 Å². The summed E-state index contributed by atoms with van der Waals surface area (Å²) in [5.74, 6) is 1.57. The summed E-state index contributed by atoms with van der Waals surface area (Å²) in [7, 11) is 3.57. The molecule has 4 nitrogen and oxygen atoms in total. The van der Waals surface area contributed by atoms with Gasteiger partial charge in [0.1, 0.15) is 11.6 Å². The maximum atomic E-state index is 9.80. The van der Waals surface area contributed by atoms with Crippen LogP contribution in [0.4, 0.5) is 11.5 Å². The molecule has 2 rings (SSSR count). The first kappa shape index (κ1) is 13.4. The van der Waals surface area contributed by atoms with E-state index in [1.165, 1.54) is 0 Å². The zero-order valence-corrected chi connectivity index (χ0v) is 11.4. The second kappa shape index (κ2) is 5.71. The number of hydrogen-bond acceptors (Lipinski definition) is 4. The molecule has 4 heteroatoms. The van der Waals surface area contributed by atoms with E-state index in [2.05, 4.69) is 4.98 Å². The van der Waals surface area contributed by atoms with Gasteiger partial charge in [-0.15, -0.1) is 0 Å². The SMILES string of the molecule is COc1ccc(N(C)c2ncccc2[C@@H](C)O)cc1. The Hall–Kier alpha value is -2.07. The summed E-state index contributed by atoms with van der Waals surface area (Å²) in [4.78, 5) is 6.30. The lowest BCUT2D eigenvalue weighted by atomic mass is 10.1. The highest BCUT2D eigenvalue weighted by molar-refractivity contribution is 5.63. The molecule has 0 saturated heterocycles. The molecule has 0 bridgehead atoms. The second-order valence-corrected chi connectivity index (χ2v) is 4.35. The van der Waals surface area contributed by atoms with Crippen molar-refractivity contribution >= 4 is 11.5 Å². The Morgan fingerprint density at radius 2 is 1.89 bits per heavy atom. The van der Waals surface area contributed by atoms with Crippen LogP contribution in [0.1, 0.15) is 18.6 Å². The Bertz CT molecular complexity index is 538. The molecule has 1 heterocycles. The molecule has 0 amide bonds. The molecular weight excluding hydrogens is 240 g/mol. The number of ether oxygens (including phenoxy) is 1. The number of methoxy groups -OCH3 is 1. The molecule has 0 aliphatic rings. The summed E-state index contributed by atoms with van der Waals surface area (Å²) >= 11 is 0. The minimum atomic E-state index is -0.551. The maximum Gasteiger partial charge on any atom is 0.138 e. The fourth-order valence-corrected chi connectivity index (χ4v) is 1.94. The standard InChI is InChI=1S/C15H18N2O2/c1-11(18)14-5-4-10-16-15(14)17(2)12-6-8-13(19-3)9-7-12/h4-11,18H,1-3H3/t11-/m1/s1. The maximum absolute atomic E-state index is 9.80. The van der Waals surface area contributed by atoms with Crippen LogP contribution in [0.25, 0.3) is 0 Å². The molecule has 0 aliphatic heterocycles. The van der Waals surface area contributed by atoms with Crippen molar-refractivity contribution in [3.8, 4) is 5.75 Å². The number of nitrogens with zero attached hydrogens (tertiary/aromatic N) is 2. The Morgan fingerprint density at radius 3 is 2.47 bits per heavy atom. The van der Waals surface area contributed by atoms with Gasteiger partial charge in [0.05, 0.1) is 13.2 Å². The van der Waals surface area contributed by atoms with Crippen LogP contribution < -0.4 is 9.64 Å². The van der Waals surface area contributed by atoms with Crippen LogP contribution in [0.5, 0.6) is 5.75 Å². The van der Waals surface area contributed by atoms with Crippen LogP contribution in [-0.2, 0) is 0 Å². The lowest BCUT2D eigenvalue weighted by Crippen LogP contribution is -2.14. The quantitative estimate of drug-likeness (QED) is 0.916. The van der Waals surface area contributed by atoms with E-state index >= 15 is 0 Å². The first-order chi connectivity index (χ1) is 9.13. The highest BCUT2D eigenvalue weighted by atomic mass is 16.5. The van der Waals surface area contributed by atoms with Crippen LogP contribution in [0, 0.1) is 0 Å². The number of hydrogen-bond donors (Lipinski definition) is 1. The molecule has 0 radical (unpaired) electrons. The molecular formula is C15H18N2O2. The highest BCUT2D eigenvalue weighted by Gasteiger charge is 2.13. The summed E-state index contributed by atoms with van der Waals surface area (Å²) in [6.07, 6.45) is 1.17. The molecule has 0 spiro atoms. The van der Waals surface area contributed by atoms with Crippen molar-refractivity contribution in [2.75, 3.05) is 19.1 Å². The Kier molecular flexibility index (Phi) is 4.02. The van der Waals surface area contributed by atoms with E-state index < -0.39 is 6.10 Å². The zero-order chi connectivity index (χ0) is 13.8. The normalized spacial score (nSPS) is 12.0. The fourth-order valence-electron chi connectivity index (χ4n) is 1.94. The van der Waals surface area contributed by atoms with Gasteiger partial charge in [0.25, 0.3) is 0 Å². The van der Waals surface area contributed by atoms with E-state index in [-0.39, 0.29) is 0 Å². The van der Waals surface area contributed by atoms with E-state index in [4.69, 9.17) is 4.74 Å². The summed E-state index contributed by atoms with van der Waals surface area (Å²) in [5.41, 5.74) is 1.79. The van der Waals surface area contributed by atoms with Crippen molar-refractivity contribution in [1.82, 2.24) is 4.98 Å². The zero-order valence-electron chi connectivity index (χ0n) is 11.4. The highest BCUT2D eigenvalue weighted by Crippen LogP contribution is 2.29. The van der Waals surface area contributed by atoms with Crippen molar-refractivity contribution in [3.63, 3.8) is 0 Å². The number of pyridine rings is 1. The van der Waals surface area contributed by atoms with Crippen LogP contribution in [0.2, 0.25) is 0 Å². The number of rotatable bonds is 4. The molecule has 2 aromatic rings. The predicted molar refractivity (Wildman–Crippen MR) is 75.9 cm³/mol. The van der Waals surface area contributed by atoms with Gasteiger partial charge in [-0.2, -0.15) is 0 Å². The van der Waals surface area contributed by atoms with Crippen molar-refractivity contribution in [2.45, 2.75) is 13.0 Å². The smallest absolute Gasteiger partial charge is 0.138 e. The van der Waals surface area contributed by atoms with Gasteiger partial charge in [-0.3, -0.25) is 0 Å². The largest absolute Gasteiger partial charge is 0.497 e. The van der Waals surface area contributed by atoms with Gasteiger partial charge >= 0.3 is 0 Å². The van der Waals surface area contributed by atoms with E-state index in [1.807, 2.05) is 48.3 Å². The van der Waals surface area contributed by atoms with Crippen LogP contribution >= 0.6 is 0 Å². The molecule has 0 fully saturated rings. The molecule has 100 valence electrons. The Balaban J connectivity index is 2.35. The van der Waals surface area contributed by atoms with Crippen LogP contribution in [-0.4, -0.2) is 24.2 Å². The number of benzene rings is 1. The lowest BCUT2D eigenvalue weighted by molar-refractivity contribution is 0.199. The molecule has 1 N–H and O–H groups in total. The van der Waals surface area contributed by atoms with Crippen molar-refractivity contribution < 1.29 is 9.84 Å². The minimum absolute atomic E-state index is 0.551. The van der Waals surface area contributed by atoms with Crippen LogP contribution in [0.3, 0.4) is 0 Å². The van der Waals surface area contributed by atoms with Gasteiger partial charge in [-0.25, -0.2) is 4.98 Å². The van der Waals surface area contributed by atoms with Gasteiger partial charge in [-0.1, -0.05) is 6.07 Å².